The molecule has 4 nitrogen and oxygen atoms in total. The lowest BCUT2D eigenvalue weighted by molar-refractivity contribution is 0.389. The molecule has 0 amide bonds. The van der Waals surface area contributed by atoms with E-state index >= 15 is 0 Å². The highest BCUT2D eigenvalue weighted by molar-refractivity contribution is 5.55. The lowest BCUT2D eigenvalue weighted by Gasteiger charge is -2.19. The fourth-order valence-electron chi connectivity index (χ4n) is 1.80. The molecule has 0 atom stereocenters. The molecule has 1 heterocycles. The summed E-state index contributed by atoms with van der Waals surface area (Å²) in [6.45, 7) is 9.62. The Kier molecular flexibility index (Phi) is 3.46. The summed E-state index contributed by atoms with van der Waals surface area (Å²) in [5.41, 5.74) is 7.25. The van der Waals surface area contributed by atoms with E-state index in [1.54, 1.807) is 0 Å². The Morgan fingerprint density at radius 3 is 2.50 bits per heavy atom. The van der Waals surface area contributed by atoms with Gasteiger partial charge in [0.1, 0.15) is 17.5 Å². The predicted molar refractivity (Wildman–Crippen MR) is 75.7 cm³/mol. The quantitative estimate of drug-likeness (QED) is 0.859. The zero-order valence-corrected chi connectivity index (χ0v) is 11.9. The van der Waals surface area contributed by atoms with E-state index in [-0.39, 0.29) is 0 Å². The van der Waals surface area contributed by atoms with Crippen LogP contribution < -0.4 is 11.1 Å². The number of nitrogens with zero attached hydrogens (tertiary/aromatic N) is 2. The van der Waals surface area contributed by atoms with E-state index in [0.717, 1.165) is 30.2 Å². The summed E-state index contributed by atoms with van der Waals surface area (Å²) in [5.74, 6) is 2.98. The molecule has 1 aliphatic carbocycles. The van der Waals surface area contributed by atoms with Gasteiger partial charge in [0.15, 0.2) is 0 Å². The summed E-state index contributed by atoms with van der Waals surface area (Å²) in [7, 11) is 0. The average molecular weight is 248 g/mol. The molecule has 0 aliphatic heterocycles. The third-order valence-corrected chi connectivity index (χ3v) is 3.31. The van der Waals surface area contributed by atoms with Crippen LogP contribution in [0, 0.1) is 12.3 Å². The molecule has 18 heavy (non-hydrogen) atoms. The van der Waals surface area contributed by atoms with Crippen molar-refractivity contribution < 1.29 is 0 Å². The first-order chi connectivity index (χ1) is 8.37. The Morgan fingerprint density at radius 2 is 1.94 bits per heavy atom. The smallest absolute Gasteiger partial charge is 0.136 e. The first kappa shape index (κ1) is 13.1. The molecule has 0 radical (unpaired) electrons. The van der Waals surface area contributed by atoms with Gasteiger partial charge in [0.05, 0.1) is 0 Å². The summed E-state index contributed by atoms with van der Waals surface area (Å²) in [6, 6.07) is 0. The number of nitrogens with two attached hydrogens (primary N) is 1. The van der Waals surface area contributed by atoms with Crippen LogP contribution in [0.1, 0.15) is 57.3 Å². The molecule has 4 heteroatoms. The van der Waals surface area contributed by atoms with Crippen molar-refractivity contribution in [2.24, 2.45) is 5.41 Å². The molecule has 0 aromatic carbocycles. The van der Waals surface area contributed by atoms with Gasteiger partial charge in [-0.15, -0.1) is 0 Å². The maximum atomic E-state index is 5.95. The zero-order valence-electron chi connectivity index (χ0n) is 11.9. The van der Waals surface area contributed by atoms with E-state index in [9.17, 15) is 0 Å². The van der Waals surface area contributed by atoms with E-state index in [0.29, 0.717) is 17.2 Å². The number of hydrogen-bond acceptors (Lipinski definition) is 4. The molecular weight excluding hydrogens is 224 g/mol. The molecule has 1 aliphatic rings. The Labute approximate surface area is 109 Å². The molecule has 2 rings (SSSR count). The minimum absolute atomic E-state index is 0.332. The molecular formula is C14H24N4. The lowest BCUT2D eigenvalue weighted by atomic mass is 9.92. The van der Waals surface area contributed by atoms with Gasteiger partial charge >= 0.3 is 0 Å². The third kappa shape index (κ3) is 3.34. The van der Waals surface area contributed by atoms with Crippen LogP contribution in [0.2, 0.25) is 0 Å². The average Bonchev–Trinajstić information content (AvgIpc) is 3.05. The summed E-state index contributed by atoms with van der Waals surface area (Å²) in [6.07, 6.45) is 3.50. The lowest BCUT2D eigenvalue weighted by Crippen LogP contribution is -2.15. The summed E-state index contributed by atoms with van der Waals surface area (Å²) < 4.78 is 0. The molecule has 1 fully saturated rings. The predicted octanol–water partition coefficient (Wildman–Crippen LogP) is 3.09. The highest BCUT2D eigenvalue weighted by atomic mass is 15.1. The molecule has 3 N–H and O–H groups in total. The molecule has 0 bridgehead atoms. The van der Waals surface area contributed by atoms with Crippen LogP contribution >= 0.6 is 0 Å². The minimum Gasteiger partial charge on any atom is -0.383 e. The second-order valence-corrected chi connectivity index (χ2v) is 6.45. The fourth-order valence-corrected chi connectivity index (χ4v) is 1.80. The van der Waals surface area contributed by atoms with Gasteiger partial charge in [0.2, 0.25) is 0 Å². The van der Waals surface area contributed by atoms with E-state index in [4.69, 9.17) is 5.73 Å². The molecule has 1 aromatic rings. The van der Waals surface area contributed by atoms with Gasteiger partial charge in [0.25, 0.3) is 0 Å². The van der Waals surface area contributed by atoms with Crippen molar-refractivity contribution >= 4 is 11.6 Å². The van der Waals surface area contributed by atoms with E-state index in [1.165, 1.54) is 12.8 Å². The Morgan fingerprint density at radius 1 is 1.28 bits per heavy atom. The monoisotopic (exact) mass is 248 g/mol. The second-order valence-electron chi connectivity index (χ2n) is 6.45. The van der Waals surface area contributed by atoms with Crippen LogP contribution in [0.15, 0.2) is 0 Å². The van der Waals surface area contributed by atoms with Crippen molar-refractivity contribution in [1.82, 2.24) is 9.97 Å². The van der Waals surface area contributed by atoms with Gasteiger partial charge in [-0.1, -0.05) is 20.8 Å². The highest BCUT2D eigenvalue weighted by Gasteiger charge is 2.27. The van der Waals surface area contributed by atoms with Gasteiger partial charge < -0.3 is 11.1 Å². The van der Waals surface area contributed by atoms with Crippen molar-refractivity contribution in [1.29, 1.82) is 0 Å². The number of aromatic nitrogens is 2. The van der Waals surface area contributed by atoms with E-state index in [2.05, 4.69) is 36.1 Å². The highest BCUT2D eigenvalue weighted by Crippen LogP contribution is 2.39. The van der Waals surface area contributed by atoms with Crippen molar-refractivity contribution in [2.75, 3.05) is 17.6 Å². The van der Waals surface area contributed by atoms with Gasteiger partial charge in [-0.25, -0.2) is 9.97 Å². The fraction of sp³-hybridized carbons (Fsp3) is 0.714. The Bertz CT molecular complexity index is 430. The van der Waals surface area contributed by atoms with Crippen molar-refractivity contribution in [3.05, 3.63) is 11.4 Å². The van der Waals surface area contributed by atoms with E-state index in [1.807, 2.05) is 6.92 Å². The molecule has 1 saturated carbocycles. The molecule has 100 valence electrons. The summed E-state index contributed by atoms with van der Waals surface area (Å²) in [5, 5.41) is 3.40. The first-order valence-corrected chi connectivity index (χ1v) is 6.75. The second kappa shape index (κ2) is 4.75. The Hall–Kier alpha value is -1.32. The molecule has 0 saturated heterocycles. The van der Waals surface area contributed by atoms with Gasteiger partial charge in [-0.3, -0.25) is 0 Å². The van der Waals surface area contributed by atoms with Crippen LogP contribution in [0.4, 0.5) is 11.6 Å². The normalized spacial score (nSPS) is 15.8. The molecule has 1 aromatic heterocycles. The third-order valence-electron chi connectivity index (χ3n) is 3.31. The number of rotatable bonds is 4. The maximum Gasteiger partial charge on any atom is 0.136 e. The standard InChI is InChI=1S/C14H24N4/c1-9-11(15)17-13(10-5-6-10)18-12(9)16-8-7-14(2,3)4/h10H,5-8H2,1-4H3,(H3,15,16,17,18). The van der Waals surface area contributed by atoms with Crippen molar-refractivity contribution in [3.63, 3.8) is 0 Å². The minimum atomic E-state index is 0.332. The maximum absolute atomic E-state index is 5.95. The van der Waals surface area contributed by atoms with Crippen LogP contribution in [0.25, 0.3) is 0 Å². The number of nitrogen functional groups attached to an aromatic ring is 1. The number of anilines is 2. The number of nitrogens with one attached hydrogen (secondary N) is 1. The van der Waals surface area contributed by atoms with Crippen LogP contribution in [-0.2, 0) is 0 Å². The summed E-state index contributed by atoms with van der Waals surface area (Å²) >= 11 is 0. The largest absolute Gasteiger partial charge is 0.383 e. The Balaban J connectivity index is 2.06. The molecule has 0 unspecified atom stereocenters. The topological polar surface area (TPSA) is 63.8 Å². The van der Waals surface area contributed by atoms with Crippen molar-refractivity contribution in [3.8, 4) is 0 Å². The zero-order chi connectivity index (χ0) is 13.3. The summed E-state index contributed by atoms with van der Waals surface area (Å²) in [4.78, 5) is 8.99. The van der Waals surface area contributed by atoms with Crippen LogP contribution in [-0.4, -0.2) is 16.5 Å². The van der Waals surface area contributed by atoms with Gasteiger partial charge in [0, 0.05) is 18.0 Å². The van der Waals surface area contributed by atoms with E-state index < -0.39 is 0 Å². The molecule has 0 spiro atoms. The SMILES string of the molecule is Cc1c(N)nc(C2CC2)nc1NCCC(C)(C)C. The number of hydrogen-bond donors (Lipinski definition) is 2. The van der Waals surface area contributed by atoms with Crippen LogP contribution in [0.5, 0.6) is 0 Å². The van der Waals surface area contributed by atoms with Crippen LogP contribution in [0.3, 0.4) is 0 Å². The van der Waals surface area contributed by atoms with Gasteiger partial charge in [-0.2, -0.15) is 0 Å². The van der Waals surface area contributed by atoms with Crippen molar-refractivity contribution in [2.45, 2.75) is 52.9 Å². The van der Waals surface area contributed by atoms with Gasteiger partial charge in [-0.05, 0) is 31.6 Å². The first-order valence-electron chi connectivity index (χ1n) is 6.75.